The summed E-state index contributed by atoms with van der Waals surface area (Å²) in [6, 6.07) is 4.34. The van der Waals surface area contributed by atoms with Gasteiger partial charge >= 0.3 is 5.97 Å². The number of anilines is 1. The fourth-order valence-electron chi connectivity index (χ4n) is 1.39. The first-order chi connectivity index (χ1) is 8.92. The molecular weight excluding hydrogens is 338 g/mol. The van der Waals surface area contributed by atoms with Gasteiger partial charge in [0.15, 0.2) is 5.03 Å². The number of carboxylic acids is 1. The van der Waals surface area contributed by atoms with Crippen molar-refractivity contribution in [2.45, 2.75) is 5.03 Å². The van der Waals surface area contributed by atoms with Crippen LogP contribution in [0.3, 0.4) is 0 Å². The quantitative estimate of drug-likeness (QED) is 0.780. The zero-order valence-electron chi connectivity index (χ0n) is 9.29. The van der Waals surface area contributed by atoms with Gasteiger partial charge in [0.2, 0.25) is 0 Å². The number of benzene rings is 1. The smallest absolute Gasteiger partial charge is 0.337 e. The van der Waals surface area contributed by atoms with Crippen molar-refractivity contribution >= 4 is 37.6 Å². The van der Waals surface area contributed by atoms with Crippen LogP contribution in [0.25, 0.3) is 0 Å². The summed E-state index contributed by atoms with van der Waals surface area (Å²) in [4.78, 5) is 17.1. The van der Waals surface area contributed by atoms with E-state index in [0.29, 0.717) is 4.47 Å². The Balaban J connectivity index is 2.48. The van der Waals surface area contributed by atoms with Crippen molar-refractivity contribution in [3.8, 4) is 0 Å². The van der Waals surface area contributed by atoms with Crippen LogP contribution in [0.5, 0.6) is 0 Å². The second-order valence-electron chi connectivity index (χ2n) is 3.49. The standard InChI is InChI=1S/C10H8BrN3O4S/c11-7-3-1-2-6(10(15)16)9(7)14-19(17,18)8-4-12-5-13-8/h1-5,14H,(H,12,13)(H,15,16). The number of rotatable bonds is 4. The van der Waals surface area contributed by atoms with Crippen LogP contribution in [-0.4, -0.2) is 29.5 Å². The third-order valence-corrected chi connectivity index (χ3v) is 4.18. The zero-order chi connectivity index (χ0) is 14.0. The van der Waals surface area contributed by atoms with Crippen LogP contribution in [0.1, 0.15) is 10.4 Å². The first-order valence-electron chi connectivity index (χ1n) is 4.95. The van der Waals surface area contributed by atoms with Gasteiger partial charge in [0, 0.05) is 4.47 Å². The number of H-pyrrole nitrogens is 1. The van der Waals surface area contributed by atoms with Crippen LogP contribution in [-0.2, 0) is 10.0 Å². The number of nitrogens with zero attached hydrogens (tertiary/aromatic N) is 1. The van der Waals surface area contributed by atoms with E-state index in [1.807, 2.05) is 0 Å². The lowest BCUT2D eigenvalue weighted by Gasteiger charge is -2.11. The lowest BCUT2D eigenvalue weighted by Crippen LogP contribution is -2.16. The molecule has 0 saturated carbocycles. The first kappa shape index (κ1) is 13.6. The Labute approximate surface area is 116 Å². The third kappa shape index (κ3) is 2.76. The van der Waals surface area contributed by atoms with Crippen molar-refractivity contribution in [2.24, 2.45) is 0 Å². The summed E-state index contributed by atoms with van der Waals surface area (Å²) in [7, 11) is -3.91. The van der Waals surface area contributed by atoms with Crippen molar-refractivity contribution in [3.63, 3.8) is 0 Å². The van der Waals surface area contributed by atoms with E-state index < -0.39 is 16.0 Å². The van der Waals surface area contributed by atoms with Crippen LogP contribution in [0.4, 0.5) is 5.69 Å². The molecule has 100 valence electrons. The summed E-state index contributed by atoms with van der Waals surface area (Å²) in [5.74, 6) is -1.23. The summed E-state index contributed by atoms with van der Waals surface area (Å²) in [5.41, 5.74) is -0.193. The fourth-order valence-corrected chi connectivity index (χ4v) is 2.99. The second-order valence-corrected chi connectivity index (χ2v) is 5.99. The van der Waals surface area contributed by atoms with E-state index in [1.165, 1.54) is 24.5 Å². The Bertz CT molecular complexity index is 712. The van der Waals surface area contributed by atoms with E-state index in [4.69, 9.17) is 5.11 Å². The van der Waals surface area contributed by atoms with Gasteiger partial charge in [-0.1, -0.05) is 6.07 Å². The van der Waals surface area contributed by atoms with Crippen LogP contribution in [0, 0.1) is 0 Å². The Morgan fingerprint density at radius 1 is 1.42 bits per heavy atom. The minimum absolute atomic E-state index is 0.0374. The molecule has 0 amide bonds. The van der Waals surface area contributed by atoms with E-state index in [2.05, 4.69) is 30.6 Å². The molecule has 3 N–H and O–H groups in total. The third-order valence-electron chi connectivity index (χ3n) is 2.24. The van der Waals surface area contributed by atoms with Gasteiger partial charge in [-0.05, 0) is 28.1 Å². The number of hydrogen-bond acceptors (Lipinski definition) is 4. The van der Waals surface area contributed by atoms with Crippen molar-refractivity contribution in [1.29, 1.82) is 0 Å². The number of carbonyl (C=O) groups is 1. The number of hydrogen-bond donors (Lipinski definition) is 3. The van der Waals surface area contributed by atoms with Crippen LogP contribution >= 0.6 is 15.9 Å². The van der Waals surface area contributed by atoms with Gasteiger partial charge in [-0.15, -0.1) is 0 Å². The van der Waals surface area contributed by atoms with E-state index in [9.17, 15) is 13.2 Å². The molecule has 9 heteroatoms. The van der Waals surface area contributed by atoms with Crippen molar-refractivity contribution < 1.29 is 18.3 Å². The second kappa shape index (κ2) is 5.02. The highest BCUT2D eigenvalue weighted by molar-refractivity contribution is 9.10. The highest BCUT2D eigenvalue weighted by atomic mass is 79.9. The normalized spacial score (nSPS) is 11.2. The Morgan fingerprint density at radius 3 is 2.74 bits per heavy atom. The number of aromatic carboxylic acids is 1. The molecule has 0 bridgehead atoms. The Hall–Kier alpha value is -1.87. The topological polar surface area (TPSA) is 112 Å². The molecule has 0 aliphatic rings. The molecule has 0 fully saturated rings. The highest BCUT2D eigenvalue weighted by Gasteiger charge is 2.21. The predicted octanol–water partition coefficient (Wildman–Crippen LogP) is 1.67. The molecular formula is C10H8BrN3O4S. The average molecular weight is 346 g/mol. The summed E-state index contributed by atoms with van der Waals surface area (Å²) in [5, 5.41) is 8.89. The number of sulfonamides is 1. The lowest BCUT2D eigenvalue weighted by atomic mass is 10.2. The number of para-hydroxylation sites is 1. The van der Waals surface area contributed by atoms with Gasteiger partial charge in [0.25, 0.3) is 10.0 Å². The van der Waals surface area contributed by atoms with Gasteiger partial charge in [0.1, 0.15) is 0 Å². The summed E-state index contributed by atoms with van der Waals surface area (Å²) in [6.45, 7) is 0. The largest absolute Gasteiger partial charge is 0.478 e. The van der Waals surface area contributed by atoms with Gasteiger partial charge < -0.3 is 10.1 Å². The van der Waals surface area contributed by atoms with Gasteiger partial charge in [0.05, 0.1) is 23.8 Å². The van der Waals surface area contributed by atoms with Crippen LogP contribution in [0.2, 0.25) is 0 Å². The molecule has 2 rings (SSSR count). The highest BCUT2D eigenvalue weighted by Crippen LogP contribution is 2.28. The maximum Gasteiger partial charge on any atom is 0.337 e. The van der Waals surface area contributed by atoms with Gasteiger partial charge in [-0.25, -0.2) is 9.78 Å². The van der Waals surface area contributed by atoms with Crippen LogP contribution in [0.15, 0.2) is 40.2 Å². The van der Waals surface area contributed by atoms with Crippen molar-refractivity contribution in [3.05, 3.63) is 40.8 Å². The van der Waals surface area contributed by atoms with Crippen molar-refractivity contribution in [2.75, 3.05) is 4.72 Å². The number of halogens is 1. The SMILES string of the molecule is O=C(O)c1cccc(Br)c1NS(=O)(=O)c1cnc[nH]1. The summed E-state index contributed by atoms with van der Waals surface area (Å²) in [6.07, 6.45) is 2.34. The number of aromatic amines is 1. The van der Waals surface area contributed by atoms with Gasteiger partial charge in [-0.2, -0.15) is 8.42 Å². The first-order valence-corrected chi connectivity index (χ1v) is 7.22. The lowest BCUT2D eigenvalue weighted by molar-refractivity contribution is 0.0698. The molecule has 19 heavy (non-hydrogen) atoms. The molecule has 0 aliphatic heterocycles. The average Bonchev–Trinajstić information content (AvgIpc) is 2.85. The van der Waals surface area contributed by atoms with E-state index in [1.54, 1.807) is 0 Å². The van der Waals surface area contributed by atoms with Gasteiger partial charge in [-0.3, -0.25) is 4.72 Å². The maximum atomic E-state index is 12.0. The molecule has 0 spiro atoms. The van der Waals surface area contributed by atoms with Crippen molar-refractivity contribution in [1.82, 2.24) is 9.97 Å². The predicted molar refractivity (Wildman–Crippen MR) is 70.5 cm³/mol. The summed E-state index contributed by atoms with van der Waals surface area (Å²) >= 11 is 3.12. The molecule has 0 unspecified atom stereocenters. The minimum atomic E-state index is -3.91. The maximum absolute atomic E-state index is 12.0. The number of nitrogens with one attached hydrogen (secondary N) is 2. The number of aromatic nitrogens is 2. The molecule has 1 aromatic heterocycles. The fraction of sp³-hybridized carbons (Fsp3) is 0. The number of imidazole rings is 1. The minimum Gasteiger partial charge on any atom is -0.478 e. The molecule has 2 aromatic rings. The molecule has 7 nitrogen and oxygen atoms in total. The molecule has 1 heterocycles. The Kier molecular flexibility index (Phi) is 3.58. The Morgan fingerprint density at radius 2 is 2.16 bits per heavy atom. The zero-order valence-corrected chi connectivity index (χ0v) is 11.7. The molecule has 0 saturated heterocycles. The molecule has 1 aromatic carbocycles. The van der Waals surface area contributed by atoms with Crippen LogP contribution < -0.4 is 4.72 Å². The number of carboxylic acid groups (broad SMARTS) is 1. The van der Waals surface area contributed by atoms with E-state index >= 15 is 0 Å². The van der Waals surface area contributed by atoms with E-state index in [0.717, 1.165) is 6.20 Å². The van der Waals surface area contributed by atoms with E-state index in [-0.39, 0.29) is 16.3 Å². The molecule has 0 radical (unpaired) electrons. The molecule has 0 atom stereocenters. The molecule has 0 aliphatic carbocycles. The monoisotopic (exact) mass is 345 g/mol. The summed E-state index contributed by atoms with van der Waals surface area (Å²) < 4.78 is 26.5.